The minimum Gasteiger partial charge on any atom is -0.494 e. The number of benzene rings is 1. The van der Waals surface area contributed by atoms with Crippen LogP contribution >= 0.6 is 0 Å². The molecule has 120 valence electrons. The van der Waals surface area contributed by atoms with Crippen molar-refractivity contribution in [2.75, 3.05) is 19.7 Å². The molecule has 0 saturated carbocycles. The highest BCUT2D eigenvalue weighted by Crippen LogP contribution is 2.21. The molecule has 1 aliphatic heterocycles. The number of nitrogens with zero attached hydrogens (tertiary/aromatic N) is 1. The maximum atomic E-state index is 12.3. The van der Waals surface area contributed by atoms with Crippen LogP contribution in [0.3, 0.4) is 0 Å². The molecule has 1 aromatic rings. The SMILES string of the molecule is CCOc1ccccc1CCC(=O)N1CCC[C@@H](C(=O)O)C1. The molecular weight excluding hydrogens is 282 g/mol. The van der Waals surface area contributed by atoms with Crippen molar-refractivity contribution in [3.8, 4) is 5.75 Å². The summed E-state index contributed by atoms with van der Waals surface area (Å²) in [6.07, 6.45) is 2.42. The maximum absolute atomic E-state index is 12.3. The molecule has 0 aliphatic carbocycles. The van der Waals surface area contributed by atoms with Gasteiger partial charge in [-0.3, -0.25) is 9.59 Å². The Morgan fingerprint density at radius 2 is 2.14 bits per heavy atom. The van der Waals surface area contributed by atoms with Crippen molar-refractivity contribution in [2.24, 2.45) is 5.92 Å². The van der Waals surface area contributed by atoms with Crippen LogP contribution in [0.5, 0.6) is 5.75 Å². The second-order valence-corrected chi connectivity index (χ2v) is 5.56. The third-order valence-electron chi connectivity index (χ3n) is 4.00. The maximum Gasteiger partial charge on any atom is 0.308 e. The molecule has 1 aliphatic rings. The monoisotopic (exact) mass is 305 g/mol. The van der Waals surface area contributed by atoms with Gasteiger partial charge < -0.3 is 14.7 Å². The Morgan fingerprint density at radius 3 is 2.86 bits per heavy atom. The summed E-state index contributed by atoms with van der Waals surface area (Å²) in [4.78, 5) is 25.1. The Balaban J connectivity index is 1.91. The van der Waals surface area contributed by atoms with E-state index in [0.29, 0.717) is 39.0 Å². The summed E-state index contributed by atoms with van der Waals surface area (Å²) in [6, 6.07) is 7.72. The zero-order valence-corrected chi connectivity index (χ0v) is 13.0. The normalized spacial score (nSPS) is 18.0. The molecule has 0 aromatic heterocycles. The van der Waals surface area contributed by atoms with Gasteiger partial charge in [0.2, 0.25) is 5.91 Å². The van der Waals surface area contributed by atoms with E-state index in [2.05, 4.69) is 0 Å². The Morgan fingerprint density at radius 1 is 1.36 bits per heavy atom. The number of piperidine rings is 1. The lowest BCUT2D eigenvalue weighted by molar-refractivity contribution is -0.145. The van der Waals surface area contributed by atoms with Crippen LogP contribution in [0.1, 0.15) is 31.7 Å². The fourth-order valence-corrected chi connectivity index (χ4v) is 2.81. The smallest absolute Gasteiger partial charge is 0.308 e. The Kier molecular flexibility index (Phi) is 5.81. The molecule has 1 N–H and O–H groups in total. The predicted octanol–water partition coefficient (Wildman–Crippen LogP) is 2.34. The van der Waals surface area contributed by atoms with Crippen molar-refractivity contribution in [2.45, 2.75) is 32.6 Å². The average Bonchev–Trinajstić information content (AvgIpc) is 2.54. The van der Waals surface area contributed by atoms with Crippen molar-refractivity contribution >= 4 is 11.9 Å². The van der Waals surface area contributed by atoms with Crippen molar-refractivity contribution in [1.29, 1.82) is 0 Å². The van der Waals surface area contributed by atoms with Crippen molar-refractivity contribution in [3.05, 3.63) is 29.8 Å². The number of hydrogen-bond donors (Lipinski definition) is 1. The van der Waals surface area contributed by atoms with Crippen LogP contribution in [0, 0.1) is 5.92 Å². The molecule has 2 rings (SSSR count). The summed E-state index contributed by atoms with van der Waals surface area (Å²) in [5.74, 6) is -0.385. The van der Waals surface area contributed by atoms with Gasteiger partial charge in [0, 0.05) is 19.5 Å². The number of amides is 1. The fourth-order valence-electron chi connectivity index (χ4n) is 2.81. The standard InChI is InChI=1S/C17H23NO4/c1-2-22-15-8-4-3-6-13(15)9-10-16(19)18-11-5-7-14(12-18)17(20)21/h3-4,6,8,14H,2,5,7,9-12H2,1H3,(H,20,21)/t14-/m1/s1. The van der Waals surface area contributed by atoms with Gasteiger partial charge in [0.25, 0.3) is 0 Å². The summed E-state index contributed by atoms with van der Waals surface area (Å²) in [6.45, 7) is 3.52. The molecule has 1 heterocycles. The first-order valence-corrected chi connectivity index (χ1v) is 7.83. The van der Waals surface area contributed by atoms with Crippen LogP contribution in [0.15, 0.2) is 24.3 Å². The summed E-state index contributed by atoms with van der Waals surface area (Å²) >= 11 is 0. The Bertz CT molecular complexity index is 529. The number of carboxylic acid groups (broad SMARTS) is 1. The van der Waals surface area contributed by atoms with Crippen LogP contribution in [0.2, 0.25) is 0 Å². The first-order valence-electron chi connectivity index (χ1n) is 7.83. The van der Waals surface area contributed by atoms with Gasteiger partial charge in [-0.2, -0.15) is 0 Å². The topological polar surface area (TPSA) is 66.8 Å². The van der Waals surface area contributed by atoms with Gasteiger partial charge in [-0.05, 0) is 37.8 Å². The van der Waals surface area contributed by atoms with E-state index in [1.165, 1.54) is 0 Å². The highest BCUT2D eigenvalue weighted by molar-refractivity contribution is 5.78. The van der Waals surface area contributed by atoms with Gasteiger partial charge >= 0.3 is 5.97 Å². The molecular formula is C17H23NO4. The van der Waals surface area contributed by atoms with E-state index in [0.717, 1.165) is 17.7 Å². The van der Waals surface area contributed by atoms with Gasteiger partial charge in [0.1, 0.15) is 5.75 Å². The van der Waals surface area contributed by atoms with Crippen molar-refractivity contribution < 1.29 is 19.4 Å². The van der Waals surface area contributed by atoms with Crippen LogP contribution in [-0.2, 0) is 16.0 Å². The fraction of sp³-hybridized carbons (Fsp3) is 0.529. The lowest BCUT2D eigenvalue weighted by Gasteiger charge is -2.30. The average molecular weight is 305 g/mol. The third-order valence-corrected chi connectivity index (χ3v) is 4.00. The van der Waals surface area contributed by atoms with E-state index >= 15 is 0 Å². The van der Waals surface area contributed by atoms with Gasteiger partial charge in [-0.15, -0.1) is 0 Å². The number of carbonyl (C=O) groups excluding carboxylic acids is 1. The van der Waals surface area contributed by atoms with E-state index in [9.17, 15) is 9.59 Å². The number of carboxylic acids is 1. The molecule has 1 saturated heterocycles. The molecule has 1 aromatic carbocycles. The van der Waals surface area contributed by atoms with E-state index < -0.39 is 11.9 Å². The number of para-hydroxylation sites is 1. The highest BCUT2D eigenvalue weighted by Gasteiger charge is 2.27. The van der Waals surface area contributed by atoms with Crippen LogP contribution in [-0.4, -0.2) is 41.6 Å². The van der Waals surface area contributed by atoms with Gasteiger partial charge in [-0.25, -0.2) is 0 Å². The molecule has 0 spiro atoms. The van der Waals surface area contributed by atoms with Crippen LogP contribution < -0.4 is 4.74 Å². The van der Waals surface area contributed by atoms with Crippen molar-refractivity contribution in [1.82, 2.24) is 4.90 Å². The summed E-state index contributed by atoms with van der Waals surface area (Å²) in [5.41, 5.74) is 1.02. The van der Waals surface area contributed by atoms with Crippen LogP contribution in [0.25, 0.3) is 0 Å². The summed E-state index contributed by atoms with van der Waals surface area (Å²) in [7, 11) is 0. The summed E-state index contributed by atoms with van der Waals surface area (Å²) in [5, 5.41) is 9.09. The van der Waals surface area contributed by atoms with Gasteiger partial charge in [0.05, 0.1) is 12.5 Å². The first kappa shape index (κ1) is 16.3. The lowest BCUT2D eigenvalue weighted by Crippen LogP contribution is -2.42. The minimum atomic E-state index is -0.806. The molecule has 1 fully saturated rings. The first-order chi connectivity index (χ1) is 10.6. The van der Waals surface area contributed by atoms with Crippen LogP contribution in [0.4, 0.5) is 0 Å². The second kappa shape index (κ2) is 7.82. The van der Waals surface area contributed by atoms with Crippen molar-refractivity contribution in [3.63, 3.8) is 0 Å². The molecule has 0 unspecified atom stereocenters. The zero-order chi connectivity index (χ0) is 15.9. The number of aryl methyl sites for hydroxylation is 1. The molecule has 22 heavy (non-hydrogen) atoms. The number of aliphatic carboxylic acids is 1. The summed E-state index contributed by atoms with van der Waals surface area (Å²) < 4.78 is 5.56. The lowest BCUT2D eigenvalue weighted by atomic mass is 9.97. The second-order valence-electron chi connectivity index (χ2n) is 5.56. The molecule has 1 amide bonds. The molecule has 5 heteroatoms. The van der Waals surface area contributed by atoms with Gasteiger partial charge in [-0.1, -0.05) is 18.2 Å². The highest BCUT2D eigenvalue weighted by atomic mass is 16.5. The quantitative estimate of drug-likeness (QED) is 0.876. The third kappa shape index (κ3) is 4.23. The molecule has 0 bridgehead atoms. The van der Waals surface area contributed by atoms with Gasteiger partial charge in [0.15, 0.2) is 0 Å². The largest absolute Gasteiger partial charge is 0.494 e. The Hall–Kier alpha value is -2.04. The predicted molar refractivity (Wildman–Crippen MR) is 82.9 cm³/mol. The number of rotatable bonds is 6. The van der Waals surface area contributed by atoms with E-state index in [1.54, 1.807) is 4.90 Å². The number of hydrogen-bond acceptors (Lipinski definition) is 3. The number of likely N-dealkylation sites (tertiary alicyclic amines) is 1. The van der Waals surface area contributed by atoms with E-state index in [1.807, 2.05) is 31.2 Å². The zero-order valence-electron chi connectivity index (χ0n) is 13.0. The molecule has 1 atom stereocenters. The number of carbonyl (C=O) groups is 2. The molecule has 5 nitrogen and oxygen atoms in total. The minimum absolute atomic E-state index is 0.0252. The molecule has 0 radical (unpaired) electrons. The Labute approximate surface area is 130 Å². The van der Waals surface area contributed by atoms with E-state index in [4.69, 9.17) is 9.84 Å². The van der Waals surface area contributed by atoms with E-state index in [-0.39, 0.29) is 5.91 Å². The number of ether oxygens (including phenoxy) is 1.